The Morgan fingerprint density at radius 3 is 1.53 bits per heavy atom. The Morgan fingerprint density at radius 1 is 0.471 bits per heavy atom. The topological polar surface area (TPSA) is 36.3 Å². The number of rotatable bonds is 3. The van der Waals surface area contributed by atoms with E-state index in [2.05, 4.69) is 59.5 Å². The van der Waals surface area contributed by atoms with Crippen LogP contribution < -0.4 is 9.64 Å². The van der Waals surface area contributed by atoms with Crippen molar-refractivity contribution < 1.29 is 4.74 Å². The van der Waals surface area contributed by atoms with Crippen molar-refractivity contribution >= 4 is 17.1 Å². The van der Waals surface area contributed by atoms with Gasteiger partial charge in [-0.2, -0.15) is 5.26 Å². The van der Waals surface area contributed by atoms with Gasteiger partial charge in [0.05, 0.1) is 28.7 Å². The van der Waals surface area contributed by atoms with Crippen LogP contribution in [-0.4, -0.2) is 0 Å². The van der Waals surface area contributed by atoms with Crippen molar-refractivity contribution in [3.8, 4) is 39.8 Å². The SMILES string of the molecule is N#Cc1ccccc1-c1ccccc1-c1ccccc1N1c2ccccc2Oc2ccccc21. The zero-order chi connectivity index (χ0) is 22.9. The Morgan fingerprint density at radius 2 is 0.912 bits per heavy atom. The molecule has 0 atom stereocenters. The maximum atomic E-state index is 9.75. The summed E-state index contributed by atoms with van der Waals surface area (Å²) in [5.41, 5.74) is 7.80. The Bertz CT molecular complexity index is 1520. The van der Waals surface area contributed by atoms with E-state index < -0.39 is 0 Å². The van der Waals surface area contributed by atoms with E-state index in [0.717, 1.165) is 50.8 Å². The third-order valence-corrected chi connectivity index (χ3v) is 6.13. The van der Waals surface area contributed by atoms with E-state index in [9.17, 15) is 5.26 Å². The fourth-order valence-corrected chi connectivity index (χ4v) is 4.63. The predicted molar refractivity (Wildman–Crippen MR) is 137 cm³/mol. The van der Waals surface area contributed by atoms with E-state index in [0.29, 0.717) is 5.56 Å². The first-order valence-corrected chi connectivity index (χ1v) is 11.2. The first-order chi connectivity index (χ1) is 16.8. The number of fused-ring (bicyclic) bond motifs is 2. The fraction of sp³-hybridized carbons (Fsp3) is 0. The molecule has 0 saturated heterocycles. The van der Waals surface area contributed by atoms with Crippen molar-refractivity contribution in [3.05, 3.63) is 127 Å². The lowest BCUT2D eigenvalue weighted by atomic mass is 9.91. The molecule has 1 aliphatic rings. The van der Waals surface area contributed by atoms with Crippen molar-refractivity contribution in [1.82, 2.24) is 0 Å². The van der Waals surface area contributed by atoms with Gasteiger partial charge in [0, 0.05) is 11.1 Å². The molecule has 0 saturated carbocycles. The molecule has 0 spiro atoms. The number of benzene rings is 5. The van der Waals surface area contributed by atoms with E-state index in [4.69, 9.17) is 4.74 Å². The fourth-order valence-electron chi connectivity index (χ4n) is 4.63. The van der Waals surface area contributed by atoms with Crippen LogP contribution in [0.5, 0.6) is 11.5 Å². The molecule has 1 aliphatic heterocycles. The maximum Gasteiger partial charge on any atom is 0.151 e. The molecule has 0 radical (unpaired) electrons. The first-order valence-electron chi connectivity index (χ1n) is 11.2. The van der Waals surface area contributed by atoms with E-state index >= 15 is 0 Å². The highest BCUT2D eigenvalue weighted by Gasteiger charge is 2.27. The minimum Gasteiger partial charge on any atom is -0.453 e. The molecule has 0 aliphatic carbocycles. The molecule has 0 N–H and O–H groups in total. The lowest BCUT2D eigenvalue weighted by Gasteiger charge is -2.34. The Labute approximate surface area is 198 Å². The van der Waals surface area contributed by atoms with Gasteiger partial charge in [-0.25, -0.2) is 0 Å². The minimum atomic E-state index is 0.662. The minimum absolute atomic E-state index is 0.662. The summed E-state index contributed by atoms with van der Waals surface area (Å²) in [5.74, 6) is 1.64. The number of hydrogen-bond donors (Lipinski definition) is 0. The standard InChI is InChI=1S/C31H20N2O/c32-21-22-11-1-2-12-23(22)24-13-3-4-14-25(24)26-15-5-6-16-27(26)33-28-17-7-9-19-30(28)34-31-20-10-8-18-29(31)33/h1-20H. The van der Waals surface area contributed by atoms with E-state index in [1.54, 1.807) is 0 Å². The van der Waals surface area contributed by atoms with Gasteiger partial charge in [0.15, 0.2) is 11.5 Å². The quantitative estimate of drug-likeness (QED) is 0.279. The van der Waals surface area contributed by atoms with Crippen LogP contribution in [0, 0.1) is 11.3 Å². The van der Waals surface area contributed by atoms with Crippen molar-refractivity contribution in [2.24, 2.45) is 0 Å². The Hall–Kier alpha value is -4.81. The van der Waals surface area contributed by atoms with Crippen LogP contribution in [0.15, 0.2) is 121 Å². The van der Waals surface area contributed by atoms with Crippen molar-refractivity contribution in [3.63, 3.8) is 0 Å². The Kier molecular flexibility index (Phi) is 4.83. The molecule has 0 bridgehead atoms. The van der Waals surface area contributed by atoms with Gasteiger partial charge >= 0.3 is 0 Å². The summed E-state index contributed by atoms with van der Waals surface area (Å²) in [6.07, 6.45) is 0. The molecule has 160 valence electrons. The van der Waals surface area contributed by atoms with Crippen molar-refractivity contribution in [1.29, 1.82) is 5.26 Å². The van der Waals surface area contributed by atoms with Gasteiger partial charge in [0.1, 0.15) is 0 Å². The number of hydrogen-bond acceptors (Lipinski definition) is 3. The molecule has 0 amide bonds. The van der Waals surface area contributed by atoms with Crippen LogP contribution in [0.4, 0.5) is 17.1 Å². The Balaban J connectivity index is 1.61. The summed E-state index contributed by atoms with van der Waals surface area (Å²) < 4.78 is 6.22. The van der Waals surface area contributed by atoms with Crippen molar-refractivity contribution in [2.75, 3.05) is 4.90 Å². The number of ether oxygens (including phenoxy) is 1. The third kappa shape index (κ3) is 3.21. The van der Waals surface area contributed by atoms with E-state index in [1.807, 2.05) is 72.8 Å². The summed E-state index contributed by atoms with van der Waals surface area (Å²) in [6, 6.07) is 43.0. The van der Waals surface area contributed by atoms with Gasteiger partial charge in [0.25, 0.3) is 0 Å². The zero-order valence-corrected chi connectivity index (χ0v) is 18.3. The number of nitrogens with zero attached hydrogens (tertiary/aromatic N) is 2. The lowest BCUT2D eigenvalue weighted by Crippen LogP contribution is -2.16. The molecule has 0 aromatic heterocycles. The smallest absolute Gasteiger partial charge is 0.151 e. The lowest BCUT2D eigenvalue weighted by molar-refractivity contribution is 0.477. The zero-order valence-electron chi connectivity index (χ0n) is 18.3. The summed E-state index contributed by atoms with van der Waals surface area (Å²) in [6.45, 7) is 0. The normalized spacial score (nSPS) is 11.7. The molecule has 5 aromatic rings. The molecule has 3 nitrogen and oxygen atoms in total. The van der Waals surface area contributed by atoms with Crippen molar-refractivity contribution in [2.45, 2.75) is 0 Å². The van der Waals surface area contributed by atoms with Crippen LogP contribution in [0.3, 0.4) is 0 Å². The van der Waals surface area contributed by atoms with E-state index in [1.165, 1.54) is 0 Å². The second-order valence-corrected chi connectivity index (χ2v) is 8.09. The second kappa shape index (κ2) is 8.27. The number of para-hydroxylation sites is 5. The summed E-state index contributed by atoms with van der Waals surface area (Å²) >= 11 is 0. The highest BCUT2D eigenvalue weighted by Crippen LogP contribution is 2.52. The first kappa shape index (κ1) is 19.8. The largest absolute Gasteiger partial charge is 0.453 e. The van der Waals surface area contributed by atoms with E-state index in [-0.39, 0.29) is 0 Å². The average Bonchev–Trinajstić information content (AvgIpc) is 2.91. The van der Waals surface area contributed by atoms with Crippen LogP contribution in [0.2, 0.25) is 0 Å². The van der Waals surface area contributed by atoms with Gasteiger partial charge in [-0.15, -0.1) is 0 Å². The highest BCUT2D eigenvalue weighted by molar-refractivity contribution is 5.96. The molecule has 5 aromatic carbocycles. The second-order valence-electron chi connectivity index (χ2n) is 8.09. The molecule has 34 heavy (non-hydrogen) atoms. The van der Waals surface area contributed by atoms with Crippen LogP contribution in [0.1, 0.15) is 5.56 Å². The van der Waals surface area contributed by atoms with Crippen LogP contribution in [-0.2, 0) is 0 Å². The third-order valence-electron chi connectivity index (χ3n) is 6.13. The molecule has 0 unspecified atom stereocenters. The summed E-state index contributed by atoms with van der Waals surface area (Å²) in [7, 11) is 0. The molecule has 6 rings (SSSR count). The summed E-state index contributed by atoms with van der Waals surface area (Å²) in [5, 5.41) is 9.75. The van der Waals surface area contributed by atoms with Gasteiger partial charge in [-0.3, -0.25) is 0 Å². The molecule has 0 fully saturated rings. The maximum absolute atomic E-state index is 9.75. The van der Waals surface area contributed by atoms with Gasteiger partial charge in [-0.05, 0) is 47.5 Å². The summed E-state index contributed by atoms with van der Waals surface area (Å²) in [4.78, 5) is 2.26. The highest BCUT2D eigenvalue weighted by atomic mass is 16.5. The van der Waals surface area contributed by atoms with Gasteiger partial charge < -0.3 is 9.64 Å². The molecular formula is C31H20N2O. The van der Waals surface area contributed by atoms with Crippen LogP contribution in [0.25, 0.3) is 22.3 Å². The molecular weight excluding hydrogens is 416 g/mol. The number of nitriles is 1. The average molecular weight is 437 g/mol. The number of anilines is 3. The predicted octanol–water partition coefficient (Wildman–Crippen LogP) is 8.47. The van der Waals surface area contributed by atoms with Gasteiger partial charge in [-0.1, -0.05) is 84.9 Å². The monoisotopic (exact) mass is 436 g/mol. The molecule has 1 heterocycles. The van der Waals surface area contributed by atoms with Gasteiger partial charge in [0.2, 0.25) is 0 Å². The van der Waals surface area contributed by atoms with Crippen LogP contribution >= 0.6 is 0 Å². The molecule has 3 heteroatoms.